The molecule has 0 saturated carbocycles. The van der Waals surface area contributed by atoms with Crippen LogP contribution in [0.4, 0.5) is 0 Å². The van der Waals surface area contributed by atoms with Gasteiger partial charge in [-0.15, -0.1) is 0 Å². The summed E-state index contributed by atoms with van der Waals surface area (Å²) >= 11 is 0. The quantitative estimate of drug-likeness (QED) is 0.546. The van der Waals surface area contributed by atoms with Crippen molar-refractivity contribution in [3.63, 3.8) is 0 Å². The first-order valence-electron chi connectivity index (χ1n) is 10.9. The van der Waals surface area contributed by atoms with E-state index in [9.17, 15) is 4.79 Å². The maximum atomic E-state index is 13.0. The Kier molecular flexibility index (Phi) is 6.26. The fourth-order valence-electron chi connectivity index (χ4n) is 4.48. The first-order chi connectivity index (χ1) is 14.7. The van der Waals surface area contributed by atoms with Crippen molar-refractivity contribution in [1.82, 2.24) is 15.0 Å². The van der Waals surface area contributed by atoms with Crippen LogP contribution in [0.15, 0.2) is 59.1 Å². The molecule has 0 N–H and O–H groups in total. The lowest BCUT2D eigenvalue weighted by Gasteiger charge is -2.31. The molecule has 3 aromatic rings. The number of amides is 1. The minimum Gasteiger partial charge on any atom is -0.339 e. The zero-order valence-electron chi connectivity index (χ0n) is 17.8. The number of carbonyl (C=O) groups excluding carboxylic acids is 1. The molecule has 0 radical (unpaired) electrons. The Balaban J connectivity index is 1.39. The van der Waals surface area contributed by atoms with Crippen molar-refractivity contribution >= 4 is 5.91 Å². The summed E-state index contributed by atoms with van der Waals surface area (Å²) in [7, 11) is 0. The van der Waals surface area contributed by atoms with Gasteiger partial charge in [0.05, 0.1) is 0 Å². The molecule has 5 nitrogen and oxygen atoms in total. The van der Waals surface area contributed by atoms with Gasteiger partial charge in [-0.25, -0.2) is 0 Å². The van der Waals surface area contributed by atoms with Gasteiger partial charge in [-0.05, 0) is 31.7 Å². The van der Waals surface area contributed by atoms with E-state index in [0.717, 1.165) is 31.4 Å². The van der Waals surface area contributed by atoms with E-state index < -0.39 is 0 Å². The highest BCUT2D eigenvalue weighted by atomic mass is 16.5. The number of carbonyl (C=O) groups is 1. The predicted molar refractivity (Wildman–Crippen MR) is 117 cm³/mol. The van der Waals surface area contributed by atoms with E-state index in [4.69, 9.17) is 4.52 Å². The first kappa shape index (κ1) is 20.3. The lowest BCUT2D eigenvalue weighted by Crippen LogP contribution is -2.39. The van der Waals surface area contributed by atoms with Crippen molar-refractivity contribution in [3.05, 3.63) is 71.6 Å². The molecular formula is C25H29N3O2. The number of aryl methyl sites for hydroxylation is 2. The van der Waals surface area contributed by atoms with Crippen LogP contribution in [0.3, 0.4) is 0 Å². The fourth-order valence-corrected chi connectivity index (χ4v) is 4.48. The Hall–Kier alpha value is -2.95. The van der Waals surface area contributed by atoms with Crippen LogP contribution < -0.4 is 0 Å². The summed E-state index contributed by atoms with van der Waals surface area (Å²) in [5, 5.41) is 4.08. The number of benzene rings is 2. The third kappa shape index (κ3) is 4.45. The van der Waals surface area contributed by atoms with E-state index in [1.807, 2.05) is 37.3 Å². The van der Waals surface area contributed by atoms with Crippen molar-refractivity contribution in [3.8, 4) is 11.4 Å². The molecule has 1 aliphatic heterocycles. The van der Waals surface area contributed by atoms with Crippen molar-refractivity contribution in [1.29, 1.82) is 0 Å². The summed E-state index contributed by atoms with van der Waals surface area (Å²) in [6, 6.07) is 18.9. The first-order valence-corrected chi connectivity index (χ1v) is 10.9. The van der Waals surface area contributed by atoms with Gasteiger partial charge < -0.3 is 9.42 Å². The Bertz CT molecular complexity index is 966. The highest BCUT2D eigenvalue weighted by Crippen LogP contribution is 2.34. The Morgan fingerprint density at radius 2 is 1.93 bits per heavy atom. The molecule has 0 bridgehead atoms. The minimum absolute atomic E-state index is 0.182. The molecule has 0 aliphatic carbocycles. The summed E-state index contributed by atoms with van der Waals surface area (Å²) in [6.45, 7) is 5.10. The summed E-state index contributed by atoms with van der Waals surface area (Å²) < 4.78 is 5.40. The van der Waals surface area contributed by atoms with Gasteiger partial charge in [-0.3, -0.25) is 4.79 Å². The average molecular weight is 404 g/mol. The molecule has 2 aromatic carbocycles. The number of hydrogen-bond acceptors (Lipinski definition) is 4. The summed E-state index contributed by atoms with van der Waals surface area (Å²) in [4.78, 5) is 19.6. The van der Waals surface area contributed by atoms with E-state index in [-0.39, 0.29) is 11.9 Å². The SMILES string of the molecule is CC[C@H](c1ccccc1)[C@@H]1CCCN1C(=O)CCc1nc(-c2ccc(C)cc2)no1. The molecule has 1 aliphatic rings. The molecule has 1 amide bonds. The Morgan fingerprint density at radius 3 is 2.67 bits per heavy atom. The zero-order chi connectivity index (χ0) is 20.9. The average Bonchev–Trinajstić information content (AvgIpc) is 3.44. The van der Waals surface area contributed by atoms with Crippen LogP contribution in [0.25, 0.3) is 11.4 Å². The molecule has 2 heterocycles. The molecule has 5 heteroatoms. The van der Waals surface area contributed by atoms with E-state index >= 15 is 0 Å². The number of rotatable bonds is 7. The number of likely N-dealkylation sites (tertiary alicyclic amines) is 1. The standard InChI is InChI=1S/C25H29N3O2/c1-3-21(19-8-5-4-6-9-19)22-10-7-17-28(22)24(29)16-15-23-26-25(27-30-23)20-13-11-18(2)12-14-20/h4-6,8-9,11-14,21-22H,3,7,10,15-17H2,1-2H3/t21-,22+/m1/s1. The third-order valence-electron chi connectivity index (χ3n) is 6.08. The van der Waals surface area contributed by atoms with Gasteiger partial charge in [0.2, 0.25) is 17.6 Å². The second kappa shape index (κ2) is 9.24. The predicted octanol–water partition coefficient (Wildman–Crippen LogP) is 5.16. The highest BCUT2D eigenvalue weighted by molar-refractivity contribution is 5.77. The number of hydrogen-bond donors (Lipinski definition) is 0. The van der Waals surface area contributed by atoms with Crippen LogP contribution in [0.2, 0.25) is 0 Å². The maximum Gasteiger partial charge on any atom is 0.227 e. The van der Waals surface area contributed by atoms with E-state index in [1.54, 1.807) is 0 Å². The number of nitrogens with zero attached hydrogens (tertiary/aromatic N) is 3. The largest absolute Gasteiger partial charge is 0.339 e. The van der Waals surface area contributed by atoms with Crippen molar-refractivity contribution < 1.29 is 9.32 Å². The molecule has 30 heavy (non-hydrogen) atoms. The van der Waals surface area contributed by atoms with Crippen LogP contribution in [-0.4, -0.2) is 33.5 Å². The van der Waals surface area contributed by atoms with Gasteiger partial charge >= 0.3 is 0 Å². The molecule has 1 aromatic heterocycles. The molecule has 1 saturated heterocycles. The topological polar surface area (TPSA) is 59.2 Å². The van der Waals surface area contributed by atoms with Gasteiger partial charge in [0, 0.05) is 36.9 Å². The molecule has 4 rings (SSSR count). The smallest absolute Gasteiger partial charge is 0.227 e. The fraction of sp³-hybridized carbons (Fsp3) is 0.400. The van der Waals surface area contributed by atoms with Crippen molar-refractivity contribution in [2.24, 2.45) is 0 Å². The van der Waals surface area contributed by atoms with Gasteiger partial charge in [-0.2, -0.15) is 4.98 Å². The maximum absolute atomic E-state index is 13.0. The van der Waals surface area contributed by atoms with E-state index in [1.165, 1.54) is 11.1 Å². The van der Waals surface area contributed by atoms with Crippen molar-refractivity contribution in [2.45, 2.75) is 57.9 Å². The van der Waals surface area contributed by atoms with Gasteiger partial charge in [0.15, 0.2) is 0 Å². The normalized spacial score (nSPS) is 17.3. The lowest BCUT2D eigenvalue weighted by atomic mass is 9.87. The molecule has 0 spiro atoms. The van der Waals surface area contributed by atoms with Gasteiger partial charge in [0.1, 0.15) is 0 Å². The number of aromatic nitrogens is 2. The molecular weight excluding hydrogens is 374 g/mol. The summed E-state index contributed by atoms with van der Waals surface area (Å²) in [6.07, 6.45) is 4.04. The van der Waals surface area contributed by atoms with Crippen LogP contribution in [-0.2, 0) is 11.2 Å². The highest BCUT2D eigenvalue weighted by Gasteiger charge is 2.34. The van der Waals surface area contributed by atoms with E-state index in [0.29, 0.717) is 30.5 Å². The van der Waals surface area contributed by atoms with Gasteiger partial charge in [-0.1, -0.05) is 72.2 Å². The summed E-state index contributed by atoms with van der Waals surface area (Å²) in [5.41, 5.74) is 3.44. The minimum atomic E-state index is 0.182. The second-order valence-electron chi connectivity index (χ2n) is 8.10. The van der Waals surface area contributed by atoms with Crippen LogP contribution >= 0.6 is 0 Å². The Morgan fingerprint density at radius 1 is 1.17 bits per heavy atom. The third-order valence-corrected chi connectivity index (χ3v) is 6.08. The monoisotopic (exact) mass is 403 g/mol. The van der Waals surface area contributed by atoms with Crippen LogP contribution in [0.5, 0.6) is 0 Å². The van der Waals surface area contributed by atoms with Crippen LogP contribution in [0, 0.1) is 6.92 Å². The zero-order valence-corrected chi connectivity index (χ0v) is 17.8. The van der Waals surface area contributed by atoms with Crippen molar-refractivity contribution in [2.75, 3.05) is 6.54 Å². The summed E-state index contributed by atoms with van der Waals surface area (Å²) in [5.74, 6) is 1.66. The van der Waals surface area contributed by atoms with Gasteiger partial charge in [0.25, 0.3) is 0 Å². The Labute approximate surface area is 178 Å². The second-order valence-corrected chi connectivity index (χ2v) is 8.10. The lowest BCUT2D eigenvalue weighted by molar-refractivity contribution is -0.132. The molecule has 0 unspecified atom stereocenters. The molecule has 1 fully saturated rings. The van der Waals surface area contributed by atoms with Crippen LogP contribution in [0.1, 0.15) is 55.5 Å². The molecule has 156 valence electrons. The van der Waals surface area contributed by atoms with E-state index in [2.05, 4.69) is 46.2 Å². The molecule has 2 atom stereocenters.